The first-order chi connectivity index (χ1) is 7.82. The van der Waals surface area contributed by atoms with Gasteiger partial charge in [-0.05, 0) is 12.3 Å². The lowest BCUT2D eigenvalue weighted by Crippen LogP contribution is -2.41. The number of aliphatic imine (C=N–C) groups is 1. The van der Waals surface area contributed by atoms with Crippen molar-refractivity contribution in [3.05, 3.63) is 0 Å². The fraction of sp³-hybridized carbons (Fsp3) is 0.667. The van der Waals surface area contributed by atoms with Crippen molar-refractivity contribution < 1.29 is 19.8 Å². The highest BCUT2D eigenvalue weighted by Crippen LogP contribution is 2.06. The van der Waals surface area contributed by atoms with Crippen LogP contribution < -0.4 is 16.8 Å². The molecule has 0 aromatic carbocycles. The second-order valence-electron chi connectivity index (χ2n) is 3.77. The van der Waals surface area contributed by atoms with Crippen molar-refractivity contribution in [2.75, 3.05) is 13.1 Å². The molecule has 0 radical (unpaired) electrons. The maximum Gasteiger partial charge on any atom is 0.320 e. The average Bonchev–Trinajstić information content (AvgIpc) is 2.20. The smallest absolute Gasteiger partial charge is 0.320 e. The number of nitrogens with zero attached hydrogens (tertiary/aromatic N) is 1. The quantitative estimate of drug-likeness (QED) is 0.256. The number of carboxylic acid groups (broad SMARTS) is 2. The van der Waals surface area contributed by atoms with Crippen molar-refractivity contribution in [2.45, 2.75) is 19.4 Å². The van der Waals surface area contributed by atoms with Gasteiger partial charge in [-0.25, -0.2) is 0 Å². The number of carboxylic acids is 2. The number of nitrogens with two attached hydrogens (primary N) is 2. The Morgan fingerprint density at radius 2 is 1.94 bits per heavy atom. The lowest BCUT2D eigenvalue weighted by atomic mass is 10.0. The van der Waals surface area contributed by atoms with E-state index in [0.29, 0.717) is 6.54 Å². The third-order valence-electron chi connectivity index (χ3n) is 2.02. The Balaban J connectivity index is 4.19. The van der Waals surface area contributed by atoms with Crippen LogP contribution in [-0.2, 0) is 9.59 Å². The van der Waals surface area contributed by atoms with Gasteiger partial charge in [-0.15, -0.1) is 0 Å². The molecular formula is C9H18N4O4. The predicted octanol–water partition coefficient (Wildman–Crippen LogP) is -1.59. The van der Waals surface area contributed by atoms with Crippen molar-refractivity contribution in [2.24, 2.45) is 22.4 Å². The third kappa shape index (κ3) is 8.03. The summed E-state index contributed by atoms with van der Waals surface area (Å²) < 4.78 is 0. The molecule has 0 bridgehead atoms. The van der Waals surface area contributed by atoms with Gasteiger partial charge in [0, 0.05) is 6.54 Å². The molecule has 0 heterocycles. The molecule has 0 saturated heterocycles. The number of hydrogen-bond acceptors (Lipinski definition) is 4. The first kappa shape index (κ1) is 15.2. The minimum absolute atomic E-state index is 0.0535. The lowest BCUT2D eigenvalue weighted by molar-refractivity contribution is -0.140. The van der Waals surface area contributed by atoms with Crippen LogP contribution in [-0.4, -0.2) is 47.2 Å². The molecule has 0 fully saturated rings. The SMILES string of the molecule is CC(CN=C(N)N)C[C@H](NCC(=O)O)C(=O)O. The number of nitrogens with one attached hydrogen (secondary N) is 1. The van der Waals surface area contributed by atoms with E-state index in [9.17, 15) is 9.59 Å². The lowest BCUT2D eigenvalue weighted by Gasteiger charge is -2.16. The number of rotatable bonds is 8. The second-order valence-corrected chi connectivity index (χ2v) is 3.77. The fourth-order valence-corrected chi connectivity index (χ4v) is 1.22. The van der Waals surface area contributed by atoms with E-state index in [4.69, 9.17) is 21.7 Å². The van der Waals surface area contributed by atoms with Gasteiger partial charge in [-0.2, -0.15) is 0 Å². The predicted molar refractivity (Wildman–Crippen MR) is 61.5 cm³/mol. The Morgan fingerprint density at radius 1 is 1.35 bits per heavy atom. The molecule has 0 saturated carbocycles. The second kappa shape index (κ2) is 7.44. The van der Waals surface area contributed by atoms with Crippen LogP contribution in [0.15, 0.2) is 4.99 Å². The van der Waals surface area contributed by atoms with Crippen LogP contribution in [0.3, 0.4) is 0 Å². The van der Waals surface area contributed by atoms with E-state index in [-0.39, 0.29) is 18.3 Å². The average molecular weight is 246 g/mol. The Labute approximate surface area is 98.7 Å². The van der Waals surface area contributed by atoms with Crippen molar-refractivity contribution in [1.29, 1.82) is 0 Å². The minimum atomic E-state index is -1.10. The van der Waals surface area contributed by atoms with Gasteiger partial charge in [-0.1, -0.05) is 6.92 Å². The molecule has 8 nitrogen and oxygen atoms in total. The van der Waals surface area contributed by atoms with Crippen LogP contribution in [0.1, 0.15) is 13.3 Å². The normalized spacial score (nSPS) is 13.7. The van der Waals surface area contributed by atoms with Crippen LogP contribution in [0.4, 0.5) is 0 Å². The molecular weight excluding hydrogens is 228 g/mol. The third-order valence-corrected chi connectivity index (χ3v) is 2.02. The Hall–Kier alpha value is -1.83. The molecule has 0 aliphatic carbocycles. The molecule has 0 aromatic rings. The molecule has 7 N–H and O–H groups in total. The Kier molecular flexibility index (Phi) is 6.64. The number of aliphatic carboxylic acids is 2. The van der Waals surface area contributed by atoms with Crippen LogP contribution >= 0.6 is 0 Å². The van der Waals surface area contributed by atoms with Gasteiger partial charge in [0.1, 0.15) is 6.04 Å². The van der Waals surface area contributed by atoms with Crippen molar-refractivity contribution in [3.8, 4) is 0 Å². The first-order valence-electron chi connectivity index (χ1n) is 5.06. The first-order valence-corrected chi connectivity index (χ1v) is 5.06. The summed E-state index contributed by atoms with van der Waals surface area (Å²) >= 11 is 0. The molecule has 98 valence electrons. The van der Waals surface area contributed by atoms with Gasteiger partial charge in [0.15, 0.2) is 5.96 Å². The summed E-state index contributed by atoms with van der Waals surface area (Å²) in [5.74, 6) is -2.32. The maximum atomic E-state index is 10.8. The van der Waals surface area contributed by atoms with Crippen molar-refractivity contribution >= 4 is 17.9 Å². The number of guanidine groups is 1. The largest absolute Gasteiger partial charge is 0.480 e. The molecule has 0 aromatic heterocycles. The monoisotopic (exact) mass is 246 g/mol. The highest BCUT2D eigenvalue weighted by molar-refractivity contribution is 5.76. The van der Waals surface area contributed by atoms with Crippen molar-refractivity contribution in [1.82, 2.24) is 5.32 Å². The molecule has 0 spiro atoms. The van der Waals surface area contributed by atoms with Crippen molar-refractivity contribution in [3.63, 3.8) is 0 Å². The maximum absolute atomic E-state index is 10.8. The van der Waals surface area contributed by atoms with Crippen LogP contribution in [0.2, 0.25) is 0 Å². The van der Waals surface area contributed by atoms with Crippen LogP contribution in [0.5, 0.6) is 0 Å². The van der Waals surface area contributed by atoms with Gasteiger partial charge in [0.2, 0.25) is 0 Å². The summed E-state index contributed by atoms with van der Waals surface area (Å²) in [5, 5.41) is 19.7. The topological polar surface area (TPSA) is 151 Å². The van der Waals surface area contributed by atoms with Gasteiger partial charge in [-0.3, -0.25) is 19.9 Å². The molecule has 0 aliphatic heterocycles. The summed E-state index contributed by atoms with van der Waals surface area (Å²) in [6, 6.07) is -0.921. The van der Waals surface area contributed by atoms with E-state index in [1.165, 1.54) is 0 Å². The number of carbonyl (C=O) groups is 2. The van der Waals surface area contributed by atoms with E-state index in [1.807, 2.05) is 0 Å². The van der Waals surface area contributed by atoms with Gasteiger partial charge in [0.25, 0.3) is 0 Å². The molecule has 2 atom stereocenters. The zero-order valence-electron chi connectivity index (χ0n) is 9.59. The van der Waals surface area contributed by atoms with E-state index in [0.717, 1.165) is 0 Å². The molecule has 0 aliphatic rings. The molecule has 17 heavy (non-hydrogen) atoms. The Bertz CT molecular complexity index is 301. The van der Waals surface area contributed by atoms with E-state index >= 15 is 0 Å². The van der Waals surface area contributed by atoms with Crippen LogP contribution in [0.25, 0.3) is 0 Å². The Morgan fingerprint density at radius 3 is 2.35 bits per heavy atom. The molecule has 0 amide bonds. The van der Waals surface area contributed by atoms with Gasteiger partial charge < -0.3 is 21.7 Å². The van der Waals surface area contributed by atoms with E-state index < -0.39 is 24.5 Å². The summed E-state index contributed by atoms with van der Waals surface area (Å²) in [7, 11) is 0. The fourth-order valence-electron chi connectivity index (χ4n) is 1.22. The summed E-state index contributed by atoms with van der Waals surface area (Å²) in [4.78, 5) is 24.9. The molecule has 8 heteroatoms. The number of hydrogen-bond donors (Lipinski definition) is 5. The summed E-state index contributed by atoms with van der Waals surface area (Å²) in [6.45, 7) is 1.69. The van der Waals surface area contributed by atoms with Gasteiger partial charge in [0.05, 0.1) is 6.54 Å². The summed E-state index contributed by atoms with van der Waals surface area (Å²) in [5.41, 5.74) is 10.3. The minimum Gasteiger partial charge on any atom is -0.480 e. The van der Waals surface area contributed by atoms with E-state index in [2.05, 4.69) is 10.3 Å². The zero-order valence-corrected chi connectivity index (χ0v) is 9.59. The molecule has 0 rings (SSSR count). The van der Waals surface area contributed by atoms with Crippen LogP contribution in [0, 0.1) is 5.92 Å². The summed E-state index contributed by atoms with van der Waals surface area (Å²) in [6.07, 6.45) is 0.249. The standard InChI is InChI=1S/C9H18N4O4/c1-5(3-13-9(10)11)2-6(8(16)17)12-4-7(14)15/h5-6,12H,2-4H2,1H3,(H,14,15)(H,16,17)(H4,10,11,13)/t5?,6-/m0/s1. The highest BCUT2D eigenvalue weighted by atomic mass is 16.4. The molecule has 1 unspecified atom stereocenters. The van der Waals surface area contributed by atoms with E-state index in [1.54, 1.807) is 6.92 Å². The zero-order chi connectivity index (χ0) is 13.4. The van der Waals surface area contributed by atoms with Gasteiger partial charge >= 0.3 is 11.9 Å². The highest BCUT2D eigenvalue weighted by Gasteiger charge is 2.20.